The molecule has 1 heterocycles. The summed E-state index contributed by atoms with van der Waals surface area (Å²) in [5, 5.41) is 11.0. The Morgan fingerprint density at radius 1 is 1.22 bits per heavy atom. The molecule has 18 heavy (non-hydrogen) atoms. The summed E-state index contributed by atoms with van der Waals surface area (Å²) in [6.45, 7) is 2.17. The van der Waals surface area contributed by atoms with Crippen molar-refractivity contribution in [3.05, 3.63) is 51.7 Å². The summed E-state index contributed by atoms with van der Waals surface area (Å²) in [6.07, 6.45) is 8.40. The van der Waals surface area contributed by atoms with Gasteiger partial charge in [-0.3, -0.25) is 10.1 Å². The Bertz CT molecular complexity index is 555. The number of rotatable bonds is 2. The SMILES string of the molecule is O=[N+]([O-])c1cccc2c1C=CC2=CN1CCCC1. The number of likely N-dealkylation sites (tertiary alicyclic amines) is 1. The van der Waals surface area contributed by atoms with Crippen LogP contribution >= 0.6 is 0 Å². The third-order valence-electron chi connectivity index (χ3n) is 3.48. The first-order valence-electron chi connectivity index (χ1n) is 6.17. The minimum Gasteiger partial charge on any atom is -0.377 e. The van der Waals surface area contributed by atoms with E-state index in [9.17, 15) is 10.1 Å². The summed E-state index contributed by atoms with van der Waals surface area (Å²) in [6, 6.07) is 5.26. The van der Waals surface area contributed by atoms with E-state index in [1.54, 1.807) is 12.1 Å². The number of nitro groups is 1. The van der Waals surface area contributed by atoms with E-state index in [2.05, 4.69) is 11.1 Å². The molecule has 0 radical (unpaired) electrons. The number of hydrogen-bond acceptors (Lipinski definition) is 3. The van der Waals surface area contributed by atoms with Crippen molar-refractivity contribution in [3.8, 4) is 0 Å². The molecular weight excluding hydrogens is 228 g/mol. The molecule has 1 fully saturated rings. The quantitative estimate of drug-likeness (QED) is 0.591. The van der Waals surface area contributed by atoms with Gasteiger partial charge in [0, 0.05) is 25.4 Å². The molecule has 1 saturated heterocycles. The normalized spacial score (nSPS) is 19.6. The van der Waals surface area contributed by atoms with E-state index in [4.69, 9.17) is 0 Å². The van der Waals surface area contributed by atoms with Gasteiger partial charge in [-0.15, -0.1) is 0 Å². The average Bonchev–Trinajstić information content (AvgIpc) is 2.99. The van der Waals surface area contributed by atoms with Gasteiger partial charge in [0.05, 0.1) is 10.5 Å². The van der Waals surface area contributed by atoms with Gasteiger partial charge >= 0.3 is 0 Å². The Hall–Kier alpha value is -2.10. The predicted molar refractivity (Wildman–Crippen MR) is 70.9 cm³/mol. The van der Waals surface area contributed by atoms with Crippen molar-refractivity contribution in [1.29, 1.82) is 0 Å². The van der Waals surface area contributed by atoms with Crippen LogP contribution in [0.25, 0.3) is 11.6 Å². The highest BCUT2D eigenvalue weighted by atomic mass is 16.6. The molecule has 0 bridgehead atoms. The molecule has 0 N–H and O–H groups in total. The lowest BCUT2D eigenvalue weighted by atomic mass is 10.1. The van der Waals surface area contributed by atoms with Crippen LogP contribution in [0.3, 0.4) is 0 Å². The molecule has 0 amide bonds. The van der Waals surface area contributed by atoms with Crippen LogP contribution in [-0.4, -0.2) is 22.9 Å². The van der Waals surface area contributed by atoms with Crippen molar-refractivity contribution < 1.29 is 4.92 Å². The summed E-state index contributed by atoms with van der Waals surface area (Å²) in [5.74, 6) is 0. The second-order valence-corrected chi connectivity index (χ2v) is 4.66. The van der Waals surface area contributed by atoms with Crippen molar-refractivity contribution in [2.45, 2.75) is 12.8 Å². The van der Waals surface area contributed by atoms with E-state index < -0.39 is 0 Å². The van der Waals surface area contributed by atoms with E-state index in [1.807, 2.05) is 18.2 Å². The fourth-order valence-corrected chi connectivity index (χ4v) is 2.58. The molecule has 1 aromatic rings. The molecular formula is C14H14N2O2. The smallest absolute Gasteiger partial charge is 0.277 e. The molecule has 0 unspecified atom stereocenters. The van der Waals surface area contributed by atoms with Crippen molar-refractivity contribution in [2.75, 3.05) is 13.1 Å². The van der Waals surface area contributed by atoms with Crippen LogP contribution in [0.2, 0.25) is 0 Å². The summed E-state index contributed by atoms with van der Waals surface area (Å²) >= 11 is 0. The molecule has 3 rings (SSSR count). The maximum absolute atomic E-state index is 11.0. The van der Waals surface area contributed by atoms with Gasteiger partial charge in [0.25, 0.3) is 5.69 Å². The predicted octanol–water partition coefficient (Wildman–Crippen LogP) is 3.06. The topological polar surface area (TPSA) is 46.4 Å². The Balaban J connectivity index is 1.99. The van der Waals surface area contributed by atoms with Crippen LogP contribution < -0.4 is 0 Å². The van der Waals surface area contributed by atoms with Crippen molar-refractivity contribution in [3.63, 3.8) is 0 Å². The Labute approximate surface area is 105 Å². The molecule has 0 saturated carbocycles. The second-order valence-electron chi connectivity index (χ2n) is 4.66. The Morgan fingerprint density at radius 3 is 2.72 bits per heavy atom. The number of nitrogens with zero attached hydrogens (tertiary/aromatic N) is 2. The molecule has 4 nitrogen and oxygen atoms in total. The molecule has 0 spiro atoms. The lowest BCUT2D eigenvalue weighted by Gasteiger charge is -2.12. The average molecular weight is 242 g/mol. The summed E-state index contributed by atoms with van der Waals surface area (Å²) < 4.78 is 0. The van der Waals surface area contributed by atoms with Crippen LogP contribution in [0.5, 0.6) is 0 Å². The first kappa shape index (κ1) is 11.0. The van der Waals surface area contributed by atoms with Gasteiger partial charge < -0.3 is 4.90 Å². The molecule has 2 aliphatic rings. The molecule has 0 atom stereocenters. The van der Waals surface area contributed by atoms with Gasteiger partial charge in [0.2, 0.25) is 0 Å². The minimum atomic E-state index is -0.317. The number of allylic oxidation sites excluding steroid dienone is 2. The molecule has 92 valence electrons. The molecule has 4 heteroatoms. The Kier molecular flexibility index (Phi) is 2.63. The largest absolute Gasteiger partial charge is 0.377 e. The minimum absolute atomic E-state index is 0.188. The van der Waals surface area contributed by atoms with Gasteiger partial charge in [-0.1, -0.05) is 18.2 Å². The van der Waals surface area contributed by atoms with Gasteiger partial charge in [0.1, 0.15) is 0 Å². The monoisotopic (exact) mass is 242 g/mol. The summed E-state index contributed by atoms with van der Waals surface area (Å²) in [4.78, 5) is 12.9. The number of hydrogen-bond donors (Lipinski definition) is 0. The molecule has 1 aliphatic heterocycles. The van der Waals surface area contributed by atoms with Gasteiger partial charge in [-0.05, 0) is 30.1 Å². The van der Waals surface area contributed by atoms with Crippen LogP contribution in [0.15, 0.2) is 30.5 Å². The zero-order valence-corrected chi connectivity index (χ0v) is 10.0. The summed E-state index contributed by atoms with van der Waals surface area (Å²) in [5.41, 5.74) is 2.97. The highest BCUT2D eigenvalue weighted by Crippen LogP contribution is 2.35. The van der Waals surface area contributed by atoms with E-state index in [0.29, 0.717) is 0 Å². The fourth-order valence-electron chi connectivity index (χ4n) is 2.58. The van der Waals surface area contributed by atoms with Gasteiger partial charge in [0.15, 0.2) is 0 Å². The fraction of sp³-hybridized carbons (Fsp3) is 0.286. The molecule has 0 aromatic heterocycles. The number of nitro benzene ring substituents is 1. The van der Waals surface area contributed by atoms with Crippen molar-refractivity contribution in [2.24, 2.45) is 0 Å². The van der Waals surface area contributed by atoms with Crippen LogP contribution in [-0.2, 0) is 0 Å². The Morgan fingerprint density at radius 2 is 2.00 bits per heavy atom. The zero-order valence-electron chi connectivity index (χ0n) is 10.0. The summed E-state index contributed by atoms with van der Waals surface area (Å²) in [7, 11) is 0. The highest BCUT2D eigenvalue weighted by molar-refractivity contribution is 5.92. The zero-order chi connectivity index (χ0) is 12.5. The first-order valence-corrected chi connectivity index (χ1v) is 6.17. The molecule has 1 aliphatic carbocycles. The first-order chi connectivity index (χ1) is 8.75. The molecule has 1 aromatic carbocycles. The van der Waals surface area contributed by atoms with E-state index in [1.165, 1.54) is 12.8 Å². The van der Waals surface area contributed by atoms with Crippen molar-refractivity contribution in [1.82, 2.24) is 4.90 Å². The van der Waals surface area contributed by atoms with Gasteiger partial charge in [-0.25, -0.2) is 0 Å². The van der Waals surface area contributed by atoms with E-state index >= 15 is 0 Å². The number of fused-ring (bicyclic) bond motifs is 1. The maximum Gasteiger partial charge on any atom is 0.277 e. The third-order valence-corrected chi connectivity index (χ3v) is 3.48. The van der Waals surface area contributed by atoms with Crippen LogP contribution in [0, 0.1) is 10.1 Å². The standard InChI is InChI=1S/C14H14N2O2/c17-16(18)14-5-3-4-12-11(6-7-13(12)14)10-15-8-1-2-9-15/h3-7,10H,1-2,8-9H2. The lowest BCUT2D eigenvalue weighted by molar-refractivity contribution is -0.385. The van der Waals surface area contributed by atoms with Crippen molar-refractivity contribution >= 4 is 17.3 Å². The highest BCUT2D eigenvalue weighted by Gasteiger charge is 2.21. The van der Waals surface area contributed by atoms with Crippen LogP contribution in [0.4, 0.5) is 5.69 Å². The van der Waals surface area contributed by atoms with Crippen LogP contribution in [0.1, 0.15) is 24.0 Å². The third kappa shape index (κ3) is 1.79. The maximum atomic E-state index is 11.0. The van der Waals surface area contributed by atoms with E-state index in [-0.39, 0.29) is 10.6 Å². The lowest BCUT2D eigenvalue weighted by Crippen LogP contribution is -2.11. The second kappa shape index (κ2) is 4.29. The van der Waals surface area contributed by atoms with Gasteiger partial charge in [-0.2, -0.15) is 0 Å². The van der Waals surface area contributed by atoms with E-state index in [0.717, 1.165) is 29.8 Å². The number of benzene rings is 1.